The van der Waals surface area contributed by atoms with Crippen LogP contribution in [0.4, 0.5) is 0 Å². The Morgan fingerprint density at radius 3 is 1.22 bits per heavy atom. The van der Waals surface area contributed by atoms with Gasteiger partial charge in [-0.2, -0.15) is 0 Å². The van der Waals surface area contributed by atoms with E-state index >= 15 is 0 Å². The fraction of sp³-hybridized carbons (Fsp3) is 0.778. The van der Waals surface area contributed by atoms with E-state index in [4.69, 9.17) is 0 Å². The summed E-state index contributed by atoms with van der Waals surface area (Å²) in [7, 11) is 0. The fourth-order valence-corrected chi connectivity index (χ4v) is 1.02. The van der Waals surface area contributed by atoms with E-state index < -0.39 is 0 Å². The predicted molar refractivity (Wildman–Crippen MR) is 103 cm³/mol. The van der Waals surface area contributed by atoms with E-state index in [-0.39, 0.29) is 28.1 Å². The van der Waals surface area contributed by atoms with Crippen LogP contribution in [-0.4, -0.2) is 36.6 Å². The van der Waals surface area contributed by atoms with Gasteiger partial charge in [-0.1, -0.05) is 55.4 Å². The standard InChI is InChI=1S/C10H20N2.C8H16N2.Mn/c1-9(2,3)11-7-8-12-10(4,5)6;1-3-5-9-7-8-10-6-4-2;/h7-8H,1-6H3;7-8H,3-6H2,1-2H3;/q-2;;. The second-order valence-corrected chi connectivity index (χ2v) is 7.01. The van der Waals surface area contributed by atoms with Crippen molar-refractivity contribution in [3.63, 3.8) is 0 Å². The van der Waals surface area contributed by atoms with E-state index in [2.05, 4.69) is 76.0 Å². The van der Waals surface area contributed by atoms with E-state index in [9.17, 15) is 0 Å². The summed E-state index contributed by atoms with van der Waals surface area (Å²) in [5, 5.41) is 8.57. The van der Waals surface area contributed by atoms with E-state index in [1.807, 2.05) is 0 Å². The molecular weight excluding hydrogens is 327 g/mol. The third-order valence-corrected chi connectivity index (χ3v) is 1.97. The van der Waals surface area contributed by atoms with Crippen molar-refractivity contribution < 1.29 is 17.1 Å². The van der Waals surface area contributed by atoms with Crippen molar-refractivity contribution in [2.24, 2.45) is 9.98 Å². The SMILES string of the molecule is CC(C)(C)[N-]C=C[N-]C(C)(C)C.CCCN=CC=NCCC.[Mn]. The van der Waals surface area contributed by atoms with Crippen molar-refractivity contribution >= 4 is 12.4 Å². The molecule has 0 aromatic heterocycles. The van der Waals surface area contributed by atoms with E-state index in [0.29, 0.717) is 0 Å². The van der Waals surface area contributed by atoms with Gasteiger partial charge < -0.3 is 10.6 Å². The van der Waals surface area contributed by atoms with Crippen LogP contribution in [0.15, 0.2) is 22.4 Å². The summed E-state index contributed by atoms with van der Waals surface area (Å²) < 4.78 is 0. The molecule has 0 fully saturated rings. The number of aliphatic imine (C=N–C) groups is 2. The fourth-order valence-electron chi connectivity index (χ4n) is 1.02. The quantitative estimate of drug-likeness (QED) is 0.409. The minimum absolute atomic E-state index is 0. The molecule has 0 heterocycles. The second kappa shape index (κ2) is 16.1. The zero-order chi connectivity index (χ0) is 17.5. The van der Waals surface area contributed by atoms with Crippen molar-refractivity contribution in [2.75, 3.05) is 13.1 Å². The minimum Gasteiger partial charge on any atom is -0.687 e. The number of rotatable bonds is 7. The molecule has 0 aromatic rings. The van der Waals surface area contributed by atoms with Gasteiger partial charge in [-0.3, -0.25) is 9.98 Å². The Hall–Kier alpha value is -0.801. The molecular formula is C18H36MnN4-2. The summed E-state index contributed by atoms with van der Waals surface area (Å²) in [5.74, 6) is 0. The third kappa shape index (κ3) is 33.8. The first-order valence-corrected chi connectivity index (χ1v) is 8.19. The molecule has 0 aliphatic rings. The minimum atomic E-state index is 0. The molecule has 0 N–H and O–H groups in total. The van der Waals surface area contributed by atoms with Gasteiger partial charge in [0.1, 0.15) is 0 Å². The first kappa shape index (κ1) is 27.1. The van der Waals surface area contributed by atoms with Crippen LogP contribution in [0.1, 0.15) is 68.2 Å². The van der Waals surface area contributed by atoms with E-state index in [0.717, 1.165) is 25.9 Å². The summed E-state index contributed by atoms with van der Waals surface area (Å²) in [5.41, 5.74) is 0.00775. The summed E-state index contributed by atoms with van der Waals surface area (Å²) >= 11 is 0. The van der Waals surface area contributed by atoms with Gasteiger partial charge in [-0.25, -0.2) is 12.4 Å². The molecule has 1 radical (unpaired) electrons. The largest absolute Gasteiger partial charge is 0.687 e. The predicted octanol–water partition coefficient (Wildman–Crippen LogP) is 5.75. The monoisotopic (exact) mass is 363 g/mol. The van der Waals surface area contributed by atoms with Gasteiger partial charge in [-0.05, 0) is 12.8 Å². The van der Waals surface area contributed by atoms with Crippen molar-refractivity contribution in [2.45, 2.75) is 79.3 Å². The molecule has 137 valence electrons. The smallest absolute Gasteiger partial charge is 0.0390 e. The van der Waals surface area contributed by atoms with Gasteiger partial charge in [0.15, 0.2) is 0 Å². The molecule has 23 heavy (non-hydrogen) atoms. The van der Waals surface area contributed by atoms with Crippen molar-refractivity contribution in [1.29, 1.82) is 0 Å². The average molecular weight is 363 g/mol. The molecule has 0 saturated heterocycles. The molecule has 0 saturated carbocycles. The first-order valence-electron chi connectivity index (χ1n) is 8.19. The van der Waals surface area contributed by atoms with Crippen molar-refractivity contribution in [3.8, 4) is 0 Å². The molecule has 5 heteroatoms. The molecule has 0 unspecified atom stereocenters. The maximum absolute atomic E-state index is 4.29. The van der Waals surface area contributed by atoms with E-state index in [1.54, 1.807) is 24.8 Å². The Balaban J connectivity index is -0.000000338. The molecule has 0 bridgehead atoms. The Kier molecular flexibility index (Phi) is 18.9. The van der Waals surface area contributed by atoms with Gasteiger partial charge in [0.2, 0.25) is 0 Å². The maximum atomic E-state index is 4.29. The molecule has 0 aliphatic heterocycles. The Labute approximate surface area is 155 Å². The summed E-state index contributed by atoms with van der Waals surface area (Å²) in [6.45, 7) is 18.4. The molecule has 0 rings (SSSR count). The van der Waals surface area contributed by atoms with Crippen LogP contribution in [0.2, 0.25) is 0 Å². The molecule has 0 aromatic carbocycles. The topological polar surface area (TPSA) is 52.9 Å². The van der Waals surface area contributed by atoms with Gasteiger partial charge in [-0.15, -0.1) is 11.1 Å². The Morgan fingerprint density at radius 2 is 1.00 bits per heavy atom. The molecule has 0 amide bonds. The maximum Gasteiger partial charge on any atom is 0.0390 e. The van der Waals surface area contributed by atoms with Crippen LogP contribution in [0, 0.1) is 0 Å². The van der Waals surface area contributed by atoms with Crippen molar-refractivity contribution in [1.82, 2.24) is 0 Å². The first-order chi connectivity index (χ1) is 10.1. The summed E-state index contributed by atoms with van der Waals surface area (Å²) in [6, 6.07) is 0. The number of hydrogen-bond donors (Lipinski definition) is 0. The number of hydrogen-bond acceptors (Lipinski definition) is 2. The zero-order valence-corrected chi connectivity index (χ0v) is 17.5. The molecule has 0 spiro atoms. The molecule has 0 aliphatic carbocycles. The molecule has 4 nitrogen and oxygen atoms in total. The van der Waals surface area contributed by atoms with Crippen LogP contribution in [0.5, 0.6) is 0 Å². The van der Waals surface area contributed by atoms with Gasteiger partial charge in [0, 0.05) is 42.6 Å². The Morgan fingerprint density at radius 1 is 0.696 bits per heavy atom. The van der Waals surface area contributed by atoms with Crippen LogP contribution in [-0.2, 0) is 17.1 Å². The van der Waals surface area contributed by atoms with E-state index in [1.165, 1.54) is 0 Å². The van der Waals surface area contributed by atoms with Crippen LogP contribution in [0.3, 0.4) is 0 Å². The average Bonchev–Trinajstić information content (AvgIpc) is 2.38. The summed E-state index contributed by atoms with van der Waals surface area (Å²) in [4.78, 5) is 8.17. The van der Waals surface area contributed by atoms with Crippen LogP contribution in [0.25, 0.3) is 10.6 Å². The van der Waals surface area contributed by atoms with Gasteiger partial charge >= 0.3 is 0 Å². The van der Waals surface area contributed by atoms with Crippen LogP contribution < -0.4 is 0 Å². The van der Waals surface area contributed by atoms with Gasteiger partial charge in [0.25, 0.3) is 0 Å². The number of nitrogens with zero attached hydrogens (tertiary/aromatic N) is 4. The summed E-state index contributed by atoms with van der Waals surface area (Å²) in [6.07, 6.45) is 9.31. The third-order valence-electron chi connectivity index (χ3n) is 1.97. The van der Waals surface area contributed by atoms with Crippen molar-refractivity contribution in [3.05, 3.63) is 23.0 Å². The van der Waals surface area contributed by atoms with Gasteiger partial charge in [0.05, 0.1) is 0 Å². The molecule has 0 atom stereocenters. The normalized spacial score (nSPS) is 12.2. The zero-order valence-electron chi connectivity index (χ0n) is 16.3. The van der Waals surface area contributed by atoms with Crippen LogP contribution >= 0.6 is 0 Å². The Bertz CT molecular complexity index is 291. The second-order valence-electron chi connectivity index (χ2n) is 7.01.